The van der Waals surface area contributed by atoms with E-state index >= 15 is 0 Å². The van der Waals surface area contributed by atoms with Crippen LogP contribution < -0.4 is 4.90 Å². The van der Waals surface area contributed by atoms with Gasteiger partial charge in [-0.3, -0.25) is 14.6 Å². The van der Waals surface area contributed by atoms with Crippen LogP contribution in [0.5, 0.6) is 0 Å². The molecule has 32 heavy (non-hydrogen) atoms. The number of anilines is 1. The van der Waals surface area contributed by atoms with Crippen molar-refractivity contribution < 1.29 is 9.59 Å². The first-order chi connectivity index (χ1) is 15.7. The number of para-hydroxylation sites is 1. The number of aliphatic imine (C=N–C) groups is 1. The van der Waals surface area contributed by atoms with E-state index in [1.807, 2.05) is 29.2 Å². The lowest BCUT2D eigenvalue weighted by molar-refractivity contribution is -0.114. The first-order valence-corrected chi connectivity index (χ1v) is 11.7. The average molecular weight is 428 g/mol. The van der Waals surface area contributed by atoms with E-state index < -0.39 is 0 Å². The lowest BCUT2D eigenvalue weighted by atomic mass is 9.83. The fourth-order valence-corrected chi connectivity index (χ4v) is 5.05. The van der Waals surface area contributed by atoms with Crippen molar-refractivity contribution in [3.8, 4) is 0 Å². The van der Waals surface area contributed by atoms with Crippen molar-refractivity contribution in [2.24, 2.45) is 4.99 Å². The van der Waals surface area contributed by atoms with E-state index in [1.54, 1.807) is 0 Å². The Morgan fingerprint density at radius 2 is 1.62 bits per heavy atom. The minimum atomic E-state index is 0.0953. The van der Waals surface area contributed by atoms with Crippen molar-refractivity contribution in [3.63, 3.8) is 0 Å². The quantitative estimate of drug-likeness (QED) is 0.739. The van der Waals surface area contributed by atoms with E-state index in [0.29, 0.717) is 6.42 Å². The van der Waals surface area contributed by atoms with E-state index in [1.165, 1.54) is 11.3 Å². The van der Waals surface area contributed by atoms with Gasteiger partial charge in [-0.1, -0.05) is 30.3 Å². The van der Waals surface area contributed by atoms with Gasteiger partial charge >= 0.3 is 0 Å². The monoisotopic (exact) mass is 427 g/mol. The van der Waals surface area contributed by atoms with E-state index in [0.717, 1.165) is 74.3 Å². The molecular formula is C27H29N3O2. The zero-order chi connectivity index (χ0) is 21.9. The van der Waals surface area contributed by atoms with Crippen LogP contribution in [0.3, 0.4) is 0 Å². The molecule has 2 aliphatic heterocycles. The third-order valence-electron chi connectivity index (χ3n) is 6.80. The summed E-state index contributed by atoms with van der Waals surface area (Å²) in [6, 6.07) is 18.3. The van der Waals surface area contributed by atoms with Gasteiger partial charge in [-0.2, -0.15) is 0 Å². The SMILES string of the molecule is O=C1CN=C(Cc2cccc(C(=O)N3CCN(c4ccccc4)CC3)c2)C2=C1CCCC2. The number of allylic oxidation sites excluding steroid dienone is 1. The summed E-state index contributed by atoms with van der Waals surface area (Å²) in [6.45, 7) is 3.42. The number of carbonyl (C=O) groups is 2. The first kappa shape index (κ1) is 20.7. The van der Waals surface area contributed by atoms with Crippen molar-refractivity contribution in [2.75, 3.05) is 37.6 Å². The highest BCUT2D eigenvalue weighted by molar-refractivity contribution is 6.14. The van der Waals surface area contributed by atoms with Crippen molar-refractivity contribution in [1.82, 2.24) is 4.90 Å². The lowest BCUT2D eigenvalue weighted by Crippen LogP contribution is -2.48. The van der Waals surface area contributed by atoms with Crippen LogP contribution in [-0.4, -0.2) is 55.0 Å². The molecule has 1 amide bonds. The predicted molar refractivity (Wildman–Crippen MR) is 128 cm³/mol. The zero-order valence-electron chi connectivity index (χ0n) is 18.4. The number of dihydropyridines is 1. The van der Waals surface area contributed by atoms with Gasteiger partial charge in [-0.15, -0.1) is 0 Å². The van der Waals surface area contributed by atoms with Crippen molar-refractivity contribution in [1.29, 1.82) is 0 Å². The molecule has 3 aliphatic rings. The van der Waals surface area contributed by atoms with Crippen LogP contribution in [0.2, 0.25) is 0 Å². The Bertz CT molecular complexity index is 1080. The Labute approximate surface area is 189 Å². The molecular weight excluding hydrogens is 398 g/mol. The molecule has 1 saturated heterocycles. The Morgan fingerprint density at radius 1 is 0.875 bits per heavy atom. The summed E-state index contributed by atoms with van der Waals surface area (Å²) < 4.78 is 0. The number of ketones is 1. The molecule has 164 valence electrons. The summed E-state index contributed by atoms with van der Waals surface area (Å²) in [7, 11) is 0. The third-order valence-corrected chi connectivity index (χ3v) is 6.80. The minimum absolute atomic E-state index is 0.0953. The van der Waals surface area contributed by atoms with Crippen LogP contribution >= 0.6 is 0 Å². The molecule has 5 heteroatoms. The van der Waals surface area contributed by atoms with Crippen LogP contribution in [-0.2, 0) is 11.2 Å². The molecule has 1 aliphatic carbocycles. The third kappa shape index (κ3) is 4.24. The van der Waals surface area contributed by atoms with Gasteiger partial charge in [-0.25, -0.2) is 0 Å². The second kappa shape index (κ2) is 9.11. The summed E-state index contributed by atoms with van der Waals surface area (Å²) in [5.74, 6) is 0.292. The Hall–Kier alpha value is -3.21. The average Bonchev–Trinajstić information content (AvgIpc) is 2.86. The highest BCUT2D eigenvalue weighted by Gasteiger charge is 2.26. The van der Waals surface area contributed by atoms with Crippen molar-refractivity contribution in [2.45, 2.75) is 32.1 Å². The molecule has 0 unspecified atom stereocenters. The maximum Gasteiger partial charge on any atom is 0.253 e. The van der Waals surface area contributed by atoms with Crippen molar-refractivity contribution in [3.05, 3.63) is 76.9 Å². The van der Waals surface area contributed by atoms with E-state index in [9.17, 15) is 9.59 Å². The largest absolute Gasteiger partial charge is 0.368 e. The second-order valence-electron chi connectivity index (χ2n) is 8.84. The van der Waals surface area contributed by atoms with E-state index in [2.05, 4.69) is 40.2 Å². The van der Waals surface area contributed by atoms with Gasteiger partial charge < -0.3 is 9.80 Å². The smallest absolute Gasteiger partial charge is 0.253 e. The Morgan fingerprint density at radius 3 is 2.41 bits per heavy atom. The molecule has 0 N–H and O–H groups in total. The normalized spacial score (nSPS) is 19.0. The molecule has 0 atom stereocenters. The van der Waals surface area contributed by atoms with Crippen LogP contribution in [0.4, 0.5) is 5.69 Å². The predicted octanol–water partition coefficient (Wildman–Crippen LogP) is 4.09. The standard InChI is InChI=1S/C27H29N3O2/c31-26-19-28-25(23-11-4-5-12-24(23)26)18-20-7-6-8-21(17-20)27(32)30-15-13-29(14-16-30)22-9-2-1-3-10-22/h1-3,6-10,17H,4-5,11-16,18-19H2. The van der Waals surface area contributed by atoms with Crippen LogP contribution in [0.25, 0.3) is 0 Å². The highest BCUT2D eigenvalue weighted by Crippen LogP contribution is 2.30. The maximum atomic E-state index is 13.2. The molecule has 5 nitrogen and oxygen atoms in total. The summed E-state index contributed by atoms with van der Waals surface area (Å²) in [5, 5.41) is 0. The fraction of sp³-hybridized carbons (Fsp3) is 0.370. The number of benzene rings is 2. The molecule has 2 heterocycles. The summed E-state index contributed by atoms with van der Waals surface area (Å²) in [4.78, 5) is 34.3. The number of nitrogens with zero attached hydrogens (tertiary/aromatic N) is 3. The molecule has 5 rings (SSSR count). The zero-order valence-corrected chi connectivity index (χ0v) is 18.4. The van der Waals surface area contributed by atoms with Gasteiger partial charge in [0.25, 0.3) is 5.91 Å². The van der Waals surface area contributed by atoms with Crippen LogP contribution in [0.15, 0.2) is 70.7 Å². The van der Waals surface area contributed by atoms with E-state index in [-0.39, 0.29) is 18.2 Å². The van der Waals surface area contributed by atoms with Gasteiger partial charge in [0.2, 0.25) is 0 Å². The fourth-order valence-electron chi connectivity index (χ4n) is 5.05. The Kier molecular flexibility index (Phi) is 5.89. The Balaban J connectivity index is 1.26. The highest BCUT2D eigenvalue weighted by atomic mass is 16.2. The molecule has 0 saturated carbocycles. The molecule has 2 aromatic carbocycles. The summed E-state index contributed by atoms with van der Waals surface area (Å²) in [6.07, 6.45) is 4.75. The van der Waals surface area contributed by atoms with Gasteiger partial charge in [-0.05, 0) is 61.1 Å². The van der Waals surface area contributed by atoms with Gasteiger partial charge in [0.1, 0.15) is 6.54 Å². The summed E-state index contributed by atoms with van der Waals surface area (Å²) in [5.41, 5.74) is 6.25. The lowest BCUT2D eigenvalue weighted by Gasteiger charge is -2.36. The van der Waals surface area contributed by atoms with E-state index in [4.69, 9.17) is 0 Å². The summed E-state index contributed by atoms with van der Waals surface area (Å²) >= 11 is 0. The van der Waals surface area contributed by atoms with Crippen molar-refractivity contribution >= 4 is 23.1 Å². The molecule has 0 aromatic heterocycles. The number of rotatable bonds is 4. The number of amides is 1. The van der Waals surface area contributed by atoms with Gasteiger partial charge in [0.05, 0.1) is 0 Å². The second-order valence-corrected chi connectivity index (χ2v) is 8.84. The van der Waals surface area contributed by atoms with Gasteiger partial charge in [0.15, 0.2) is 5.78 Å². The molecule has 2 aromatic rings. The topological polar surface area (TPSA) is 53.0 Å². The van der Waals surface area contributed by atoms with Crippen LogP contribution in [0, 0.1) is 0 Å². The molecule has 0 spiro atoms. The first-order valence-electron chi connectivity index (χ1n) is 11.7. The molecule has 0 radical (unpaired) electrons. The number of hydrogen-bond acceptors (Lipinski definition) is 4. The molecule has 1 fully saturated rings. The number of carbonyl (C=O) groups excluding carboxylic acids is 2. The minimum Gasteiger partial charge on any atom is -0.368 e. The maximum absolute atomic E-state index is 13.2. The number of piperazine rings is 1. The number of Topliss-reactive ketones (excluding diaryl/α,β-unsaturated/α-hetero) is 1. The molecule has 0 bridgehead atoms. The van der Waals surface area contributed by atoms with Gasteiger partial charge in [0, 0.05) is 55.1 Å². The number of hydrogen-bond donors (Lipinski definition) is 0. The van der Waals surface area contributed by atoms with Crippen LogP contribution in [0.1, 0.15) is 41.6 Å².